The molecule has 0 saturated carbocycles. The van der Waals surface area contributed by atoms with Crippen LogP contribution in [0.25, 0.3) is 10.2 Å². The highest BCUT2D eigenvalue weighted by molar-refractivity contribution is 7.99. The van der Waals surface area contributed by atoms with E-state index in [9.17, 15) is 39.6 Å². The normalized spacial score (nSPS) is 13.7. The summed E-state index contributed by atoms with van der Waals surface area (Å²) in [6.07, 6.45) is 4.20. The largest absolute Gasteiger partial charge is 0.501 e. The van der Waals surface area contributed by atoms with Crippen molar-refractivity contribution in [3.8, 4) is 0 Å². The molecule has 324 valence electrons. The number of nitrogens with zero attached hydrogens (tertiary/aromatic N) is 5. The molecule has 0 unspecified atom stereocenters. The van der Waals surface area contributed by atoms with Gasteiger partial charge in [-0.05, 0) is 99.2 Å². The van der Waals surface area contributed by atoms with Crippen LogP contribution < -0.4 is 20.3 Å². The Morgan fingerprint density at radius 1 is 0.935 bits per heavy atom. The van der Waals surface area contributed by atoms with E-state index in [4.69, 9.17) is 0 Å². The minimum atomic E-state index is -6.09. The number of anilines is 3. The summed E-state index contributed by atoms with van der Waals surface area (Å²) >= 11 is 2.70. The van der Waals surface area contributed by atoms with E-state index in [-0.39, 0.29) is 24.0 Å². The second-order valence-corrected chi connectivity index (χ2v) is 20.1. The van der Waals surface area contributed by atoms with Crippen LogP contribution in [0.15, 0.2) is 118 Å². The fourth-order valence-corrected chi connectivity index (χ4v) is 10.5. The molecule has 3 N–H and O–H groups in total. The van der Waals surface area contributed by atoms with E-state index < -0.39 is 52.8 Å². The van der Waals surface area contributed by atoms with E-state index in [1.54, 1.807) is 36.7 Å². The van der Waals surface area contributed by atoms with Gasteiger partial charge in [0, 0.05) is 47.7 Å². The van der Waals surface area contributed by atoms with Crippen molar-refractivity contribution < 1.29 is 39.6 Å². The molecular weight excluding hydrogens is 886 g/mol. The number of thiazole rings is 1. The second kappa shape index (κ2) is 18.4. The summed E-state index contributed by atoms with van der Waals surface area (Å²) in [6.45, 7) is 1.17. The van der Waals surface area contributed by atoms with Crippen molar-refractivity contribution in [3.05, 3.63) is 126 Å². The van der Waals surface area contributed by atoms with Crippen LogP contribution in [0.4, 0.5) is 29.8 Å². The molecule has 1 aliphatic heterocycles. The highest BCUT2D eigenvalue weighted by Crippen LogP contribution is 2.37. The van der Waals surface area contributed by atoms with Crippen molar-refractivity contribution in [2.45, 2.75) is 45.6 Å². The number of aromatic nitrogens is 3. The molecule has 62 heavy (non-hydrogen) atoms. The summed E-state index contributed by atoms with van der Waals surface area (Å²) in [7, 11) is -7.41. The van der Waals surface area contributed by atoms with E-state index in [2.05, 4.69) is 25.6 Å². The molecule has 7 rings (SSSR count). The number of sulfonamides is 1. The number of halogens is 3. The molecule has 0 radical (unpaired) electrons. The highest BCUT2D eigenvalue weighted by atomic mass is 32.2. The Hall–Kier alpha value is -5.61. The van der Waals surface area contributed by atoms with Crippen molar-refractivity contribution in [2.24, 2.45) is 0 Å². The van der Waals surface area contributed by atoms with Crippen LogP contribution in [0.2, 0.25) is 0 Å². The molecular formula is C41H39F3N8O6S4. The summed E-state index contributed by atoms with van der Waals surface area (Å²) in [5.41, 5.74) is -3.79. The van der Waals surface area contributed by atoms with E-state index in [0.29, 0.717) is 54.0 Å². The van der Waals surface area contributed by atoms with Crippen molar-refractivity contribution in [1.29, 1.82) is 0 Å². The number of amides is 2. The summed E-state index contributed by atoms with van der Waals surface area (Å²) in [6, 6.07) is 22.5. The predicted octanol–water partition coefficient (Wildman–Crippen LogP) is 6.84. The third kappa shape index (κ3) is 10.2. The molecule has 0 spiro atoms. The molecule has 0 saturated heterocycles. The van der Waals surface area contributed by atoms with Crippen molar-refractivity contribution in [2.75, 3.05) is 48.5 Å². The van der Waals surface area contributed by atoms with Gasteiger partial charge in [-0.15, -0.1) is 11.8 Å². The maximum Gasteiger partial charge on any atom is 0.501 e. The van der Waals surface area contributed by atoms with Gasteiger partial charge < -0.3 is 15.1 Å². The molecule has 1 atom stereocenters. The number of benzene rings is 3. The molecule has 6 aromatic rings. The zero-order chi connectivity index (χ0) is 44.2. The van der Waals surface area contributed by atoms with Gasteiger partial charge in [0.25, 0.3) is 31.7 Å². The van der Waals surface area contributed by atoms with Crippen molar-refractivity contribution >= 4 is 81.6 Å². The number of carbonyl (C=O) groups excluding carboxylic acids is 2. The zero-order valence-electron chi connectivity index (χ0n) is 33.1. The Labute approximate surface area is 364 Å². The number of pyridine rings is 2. The number of nitrogens with one attached hydrogen (secondary N) is 3. The minimum absolute atomic E-state index is 0.219. The summed E-state index contributed by atoms with van der Waals surface area (Å²) in [5.74, 6) is -0.949. The first-order valence-corrected chi connectivity index (χ1v) is 23.7. The number of rotatable bonds is 15. The summed E-state index contributed by atoms with van der Waals surface area (Å²) in [5, 5.41) is 6.18. The lowest BCUT2D eigenvalue weighted by Gasteiger charge is -2.31. The molecule has 4 heterocycles. The van der Waals surface area contributed by atoms with Crippen molar-refractivity contribution in [1.82, 2.24) is 24.6 Å². The smallest absolute Gasteiger partial charge is 0.380 e. The molecule has 3 aromatic heterocycles. The van der Waals surface area contributed by atoms with Gasteiger partial charge >= 0.3 is 5.51 Å². The third-order valence-electron chi connectivity index (χ3n) is 9.78. The molecule has 0 bridgehead atoms. The van der Waals surface area contributed by atoms with Gasteiger partial charge in [-0.2, -0.15) is 13.2 Å². The third-order valence-corrected chi connectivity index (χ3v) is 14.7. The topological polar surface area (TPSA) is 184 Å². The number of fused-ring (bicyclic) bond motifs is 2. The SMILES string of the molecule is CN(C)CC[C@H](CSc1ccccc1)Nc1ccc(S(=O)(=O)NC(=O)c2cccc(N3CCc4cccc(C(=O)Nc5nc6ccncc6s5)c4C3)n2)cc1S(=O)(=O)C(F)(F)F. The van der Waals surface area contributed by atoms with E-state index >= 15 is 0 Å². The van der Waals surface area contributed by atoms with Crippen LogP contribution in [0.5, 0.6) is 0 Å². The number of hydrogen-bond acceptors (Lipinski definition) is 14. The monoisotopic (exact) mass is 924 g/mol. The van der Waals surface area contributed by atoms with Gasteiger partial charge in [0.05, 0.1) is 20.8 Å². The van der Waals surface area contributed by atoms with E-state index in [1.807, 2.05) is 65.0 Å². The number of hydrogen-bond donors (Lipinski definition) is 3. The average molecular weight is 925 g/mol. The molecule has 21 heteroatoms. The maximum atomic E-state index is 14.1. The Morgan fingerprint density at radius 2 is 1.71 bits per heavy atom. The van der Waals surface area contributed by atoms with Crippen LogP contribution in [0.1, 0.15) is 38.4 Å². The average Bonchev–Trinajstić information content (AvgIpc) is 3.66. The van der Waals surface area contributed by atoms with Crippen LogP contribution in [-0.4, -0.2) is 93.0 Å². The lowest BCUT2D eigenvalue weighted by molar-refractivity contribution is -0.0436. The summed E-state index contributed by atoms with van der Waals surface area (Å²) < 4.78 is 98.1. The van der Waals surface area contributed by atoms with Gasteiger partial charge in [-0.25, -0.2) is 31.5 Å². The van der Waals surface area contributed by atoms with Gasteiger partial charge in [-0.3, -0.25) is 19.9 Å². The molecule has 1 aliphatic rings. The minimum Gasteiger partial charge on any atom is -0.380 e. The van der Waals surface area contributed by atoms with Gasteiger partial charge in [0.2, 0.25) is 0 Å². The van der Waals surface area contributed by atoms with Crippen LogP contribution >= 0.6 is 23.1 Å². The molecule has 14 nitrogen and oxygen atoms in total. The Bertz CT molecular complexity index is 2810. The molecule has 2 amide bonds. The van der Waals surface area contributed by atoms with Crippen molar-refractivity contribution in [3.63, 3.8) is 0 Å². The van der Waals surface area contributed by atoms with Crippen LogP contribution in [0, 0.1) is 0 Å². The fourth-order valence-electron chi connectivity index (χ4n) is 6.63. The number of alkyl halides is 3. The number of carbonyl (C=O) groups is 2. The van der Waals surface area contributed by atoms with Crippen LogP contribution in [0.3, 0.4) is 0 Å². The first kappa shape index (κ1) is 44.4. The highest BCUT2D eigenvalue weighted by Gasteiger charge is 2.48. The van der Waals surface area contributed by atoms with Gasteiger partial charge in [0.1, 0.15) is 16.4 Å². The second-order valence-electron chi connectivity index (χ2n) is 14.4. The Balaban J connectivity index is 1.10. The Kier molecular flexibility index (Phi) is 13.2. The maximum absolute atomic E-state index is 14.1. The lowest BCUT2D eigenvalue weighted by atomic mass is 9.94. The standard InChI is InChI=1S/C41H39F3N8O6S4/c1-51(2)20-18-27(25-59-28-9-4-3-5-10-28)46-33-15-14-29(22-36(33)61(55,56)41(42,43)44)62(57,58)50-39(54)34-12-7-13-37(47-34)52-21-17-26-8-6-11-30(31(26)24-52)38(53)49-40-48-32-16-19-45-23-35(32)60-40/h3-16,19,22-23,27,46H,17-18,20-21,24-25H2,1-2H3,(H,50,54)(H,48,49,53)/t27-/m1/s1. The van der Waals surface area contributed by atoms with Crippen LogP contribution in [-0.2, 0) is 32.8 Å². The fraction of sp³-hybridized carbons (Fsp3) is 0.244. The molecule has 3 aromatic carbocycles. The number of sulfone groups is 1. The predicted molar refractivity (Wildman–Crippen MR) is 233 cm³/mol. The van der Waals surface area contributed by atoms with E-state index in [1.165, 1.54) is 35.2 Å². The summed E-state index contributed by atoms with van der Waals surface area (Å²) in [4.78, 5) is 42.3. The van der Waals surface area contributed by atoms with Gasteiger partial charge in [0.15, 0.2) is 5.13 Å². The first-order chi connectivity index (χ1) is 29.5. The van der Waals surface area contributed by atoms with Gasteiger partial charge in [-0.1, -0.05) is 47.7 Å². The first-order valence-electron chi connectivity index (χ1n) is 18.9. The Morgan fingerprint density at radius 3 is 2.45 bits per heavy atom. The van der Waals surface area contributed by atoms with E-state index in [0.717, 1.165) is 32.9 Å². The quantitative estimate of drug-likeness (QED) is 0.0912. The molecule has 0 fully saturated rings. The number of thioether (sulfide) groups is 1. The zero-order valence-corrected chi connectivity index (χ0v) is 36.4. The molecule has 0 aliphatic carbocycles. The lowest BCUT2D eigenvalue weighted by Crippen LogP contribution is -2.34.